The second-order valence-corrected chi connectivity index (χ2v) is 9.50. The number of amides is 2. The first-order valence-corrected chi connectivity index (χ1v) is 12.3. The zero-order valence-corrected chi connectivity index (χ0v) is 21.0. The van der Waals surface area contributed by atoms with Crippen molar-refractivity contribution >= 4 is 22.7 Å². The minimum Gasteiger partial charge on any atom is -0.496 e. The molecule has 36 heavy (non-hydrogen) atoms. The van der Waals surface area contributed by atoms with E-state index in [1.165, 1.54) is 5.56 Å². The van der Waals surface area contributed by atoms with Crippen LogP contribution in [0.4, 0.5) is 0 Å². The normalized spacial score (nSPS) is 17.2. The van der Waals surface area contributed by atoms with Crippen molar-refractivity contribution in [2.24, 2.45) is 0 Å². The smallest absolute Gasteiger partial charge is 0.271 e. The average Bonchev–Trinajstić information content (AvgIpc) is 3.28. The van der Waals surface area contributed by atoms with Crippen molar-refractivity contribution in [3.8, 4) is 5.75 Å². The number of carbonyl (C=O) groups excluding carboxylic acids is 2. The number of carbonyl (C=O) groups is 2. The summed E-state index contributed by atoms with van der Waals surface area (Å²) in [5.41, 5.74) is 3.59. The van der Waals surface area contributed by atoms with Crippen LogP contribution in [0.3, 0.4) is 0 Å². The number of hydrogen-bond acceptors (Lipinski definition) is 3. The summed E-state index contributed by atoms with van der Waals surface area (Å²) in [6, 6.07) is 25.7. The lowest BCUT2D eigenvalue weighted by atomic mass is 9.93. The van der Waals surface area contributed by atoms with Gasteiger partial charge in [0.05, 0.1) is 13.7 Å². The summed E-state index contributed by atoms with van der Waals surface area (Å²) in [4.78, 5) is 29.5. The molecule has 0 radical (unpaired) electrons. The van der Waals surface area contributed by atoms with E-state index in [9.17, 15) is 9.59 Å². The Labute approximate surface area is 211 Å². The molecule has 2 amide bonds. The number of nitrogens with one attached hydrogen (secondary N) is 1. The van der Waals surface area contributed by atoms with Gasteiger partial charge >= 0.3 is 0 Å². The van der Waals surface area contributed by atoms with Crippen LogP contribution < -0.4 is 10.1 Å². The van der Waals surface area contributed by atoms with Crippen molar-refractivity contribution in [1.82, 2.24) is 14.8 Å². The van der Waals surface area contributed by atoms with Crippen molar-refractivity contribution in [2.45, 2.75) is 45.4 Å². The van der Waals surface area contributed by atoms with Gasteiger partial charge in [-0.15, -0.1) is 0 Å². The van der Waals surface area contributed by atoms with E-state index in [0.717, 1.165) is 28.5 Å². The molecule has 2 heterocycles. The minimum absolute atomic E-state index is 0.146. The third kappa shape index (κ3) is 4.13. The highest BCUT2D eigenvalue weighted by Crippen LogP contribution is 2.33. The molecule has 6 nitrogen and oxygen atoms in total. The van der Waals surface area contributed by atoms with Gasteiger partial charge in [-0.2, -0.15) is 0 Å². The van der Waals surface area contributed by atoms with Gasteiger partial charge in [-0.3, -0.25) is 9.59 Å². The topological polar surface area (TPSA) is 63.6 Å². The lowest BCUT2D eigenvalue weighted by Crippen LogP contribution is -2.63. The van der Waals surface area contributed by atoms with E-state index < -0.39 is 5.54 Å². The molecule has 6 heteroatoms. The molecule has 5 rings (SSSR count). The van der Waals surface area contributed by atoms with Gasteiger partial charge < -0.3 is 19.5 Å². The SMILES string of the molecule is CCc1ccc(CN2C(=O)c3cc4ccccc4n3C[C@@]2(C)C(=O)NCc2ccccc2OC)cc1. The predicted molar refractivity (Wildman–Crippen MR) is 141 cm³/mol. The van der Waals surface area contributed by atoms with Crippen LogP contribution in [0.15, 0.2) is 78.9 Å². The monoisotopic (exact) mass is 481 g/mol. The van der Waals surface area contributed by atoms with E-state index in [0.29, 0.717) is 31.1 Å². The summed E-state index contributed by atoms with van der Waals surface area (Å²) in [6.07, 6.45) is 0.950. The Kier molecular flexibility index (Phi) is 6.27. The second kappa shape index (κ2) is 9.53. The molecular weight excluding hydrogens is 450 g/mol. The molecule has 3 aromatic carbocycles. The minimum atomic E-state index is -1.09. The van der Waals surface area contributed by atoms with Crippen LogP contribution in [0.25, 0.3) is 10.9 Å². The lowest BCUT2D eigenvalue weighted by Gasteiger charge is -2.44. The van der Waals surface area contributed by atoms with Crippen LogP contribution >= 0.6 is 0 Å². The first kappa shape index (κ1) is 23.7. The summed E-state index contributed by atoms with van der Waals surface area (Å²) in [5.74, 6) is 0.372. The fourth-order valence-electron chi connectivity index (χ4n) is 5.03. The molecule has 0 bridgehead atoms. The number of aromatic nitrogens is 1. The third-order valence-corrected chi connectivity index (χ3v) is 7.23. The summed E-state index contributed by atoms with van der Waals surface area (Å²) < 4.78 is 7.43. The molecule has 1 aliphatic heterocycles. The molecular formula is C30H31N3O3. The lowest BCUT2D eigenvalue weighted by molar-refractivity contribution is -0.133. The van der Waals surface area contributed by atoms with Gasteiger partial charge in [-0.25, -0.2) is 0 Å². The second-order valence-electron chi connectivity index (χ2n) is 9.50. The number of methoxy groups -OCH3 is 1. The van der Waals surface area contributed by atoms with E-state index >= 15 is 0 Å². The first-order chi connectivity index (χ1) is 17.4. The number of hydrogen-bond donors (Lipinski definition) is 1. The Hall–Kier alpha value is -4.06. The van der Waals surface area contributed by atoms with Gasteiger partial charge in [0.25, 0.3) is 5.91 Å². The number of para-hydroxylation sites is 2. The van der Waals surface area contributed by atoms with Crippen molar-refractivity contribution in [3.05, 3.63) is 101 Å². The summed E-state index contributed by atoms with van der Waals surface area (Å²) in [7, 11) is 1.62. The fourth-order valence-corrected chi connectivity index (χ4v) is 5.03. The number of ether oxygens (including phenoxy) is 1. The van der Waals surface area contributed by atoms with E-state index in [2.05, 4.69) is 24.4 Å². The predicted octanol–water partition coefficient (Wildman–Crippen LogP) is 4.94. The summed E-state index contributed by atoms with van der Waals surface area (Å²) in [6.45, 7) is 5.01. The molecule has 0 unspecified atom stereocenters. The standard InChI is InChI=1S/C30H31N3O3/c1-4-21-13-15-22(16-14-21)19-33-28(34)26-17-23-9-5-7-11-25(23)32(26)20-30(33,2)29(35)31-18-24-10-6-8-12-27(24)36-3/h5-17H,4,18-20H2,1-3H3,(H,31,35)/t30-/m0/s1. The molecule has 0 fully saturated rings. The Morgan fingerprint density at radius 3 is 2.44 bits per heavy atom. The maximum absolute atomic E-state index is 13.9. The van der Waals surface area contributed by atoms with Gasteiger partial charge in [0, 0.05) is 29.6 Å². The van der Waals surface area contributed by atoms with Gasteiger partial charge in [-0.1, -0.05) is 67.6 Å². The maximum atomic E-state index is 13.9. The molecule has 1 aliphatic rings. The number of aryl methyl sites for hydroxylation is 1. The Morgan fingerprint density at radius 1 is 1.00 bits per heavy atom. The number of nitrogens with zero attached hydrogens (tertiary/aromatic N) is 2. The largest absolute Gasteiger partial charge is 0.496 e. The number of benzene rings is 3. The average molecular weight is 482 g/mol. The van der Waals surface area contributed by atoms with Crippen molar-refractivity contribution < 1.29 is 14.3 Å². The van der Waals surface area contributed by atoms with Crippen LogP contribution in [-0.2, 0) is 30.8 Å². The van der Waals surface area contributed by atoms with E-state index in [1.54, 1.807) is 12.0 Å². The molecule has 1 aromatic heterocycles. The highest BCUT2D eigenvalue weighted by molar-refractivity contribution is 6.03. The highest BCUT2D eigenvalue weighted by atomic mass is 16.5. The molecule has 0 spiro atoms. The van der Waals surface area contributed by atoms with Crippen molar-refractivity contribution in [2.75, 3.05) is 7.11 Å². The summed E-state index contributed by atoms with van der Waals surface area (Å²) in [5, 5.41) is 4.08. The molecule has 0 aliphatic carbocycles. The fraction of sp³-hybridized carbons (Fsp3) is 0.267. The summed E-state index contributed by atoms with van der Waals surface area (Å²) >= 11 is 0. The number of rotatable bonds is 7. The van der Waals surface area contributed by atoms with E-state index in [-0.39, 0.29) is 11.8 Å². The highest BCUT2D eigenvalue weighted by Gasteiger charge is 2.47. The molecule has 1 N–H and O–H groups in total. The van der Waals surface area contributed by atoms with Gasteiger partial charge in [-0.05, 0) is 42.7 Å². The van der Waals surface area contributed by atoms with Gasteiger partial charge in [0.1, 0.15) is 17.0 Å². The van der Waals surface area contributed by atoms with Gasteiger partial charge in [0.2, 0.25) is 5.91 Å². The van der Waals surface area contributed by atoms with E-state index in [4.69, 9.17) is 4.74 Å². The molecule has 0 saturated heterocycles. The first-order valence-electron chi connectivity index (χ1n) is 12.3. The quantitative estimate of drug-likeness (QED) is 0.407. The molecule has 184 valence electrons. The maximum Gasteiger partial charge on any atom is 0.271 e. The zero-order chi connectivity index (χ0) is 25.3. The molecule has 0 saturated carbocycles. The number of fused-ring (bicyclic) bond motifs is 3. The Morgan fingerprint density at radius 2 is 1.69 bits per heavy atom. The Bertz CT molecular complexity index is 1420. The van der Waals surface area contributed by atoms with Crippen LogP contribution in [0.2, 0.25) is 0 Å². The van der Waals surface area contributed by atoms with E-state index in [1.807, 2.05) is 78.2 Å². The molecule has 4 aromatic rings. The molecule has 1 atom stereocenters. The van der Waals surface area contributed by atoms with Crippen LogP contribution in [-0.4, -0.2) is 33.9 Å². The van der Waals surface area contributed by atoms with Crippen LogP contribution in [0.5, 0.6) is 5.75 Å². The van der Waals surface area contributed by atoms with Gasteiger partial charge in [0.15, 0.2) is 0 Å². The van der Waals surface area contributed by atoms with Crippen LogP contribution in [0, 0.1) is 0 Å². The zero-order valence-electron chi connectivity index (χ0n) is 21.0. The van der Waals surface area contributed by atoms with Crippen molar-refractivity contribution in [3.63, 3.8) is 0 Å². The van der Waals surface area contributed by atoms with Crippen LogP contribution in [0.1, 0.15) is 41.0 Å². The Balaban J connectivity index is 1.51. The third-order valence-electron chi connectivity index (χ3n) is 7.23. The van der Waals surface area contributed by atoms with Crippen molar-refractivity contribution in [1.29, 1.82) is 0 Å².